The zero-order valence-corrected chi connectivity index (χ0v) is 14.9. The molecule has 3 aromatic carbocycles. The highest BCUT2D eigenvalue weighted by molar-refractivity contribution is 6.06. The average Bonchev–Trinajstić information content (AvgIpc) is 2.73. The van der Waals surface area contributed by atoms with Gasteiger partial charge in [0.2, 0.25) is 0 Å². The first-order valence-electron chi connectivity index (χ1n) is 8.48. The summed E-state index contributed by atoms with van der Waals surface area (Å²) in [4.78, 5) is 34.5. The van der Waals surface area contributed by atoms with Gasteiger partial charge in [-0.2, -0.15) is 0 Å². The van der Waals surface area contributed by atoms with Crippen molar-refractivity contribution in [2.45, 2.75) is 0 Å². The average molecular weight is 391 g/mol. The summed E-state index contributed by atoms with van der Waals surface area (Å²) in [5.74, 6) is -1.35. The molecule has 0 amide bonds. The van der Waals surface area contributed by atoms with Gasteiger partial charge in [-0.1, -0.05) is 24.3 Å². The summed E-state index contributed by atoms with van der Waals surface area (Å²) in [6.45, 7) is 0. The number of esters is 1. The van der Waals surface area contributed by atoms with E-state index in [0.717, 1.165) is 6.07 Å². The van der Waals surface area contributed by atoms with Crippen molar-refractivity contribution in [3.8, 4) is 5.75 Å². The van der Waals surface area contributed by atoms with Crippen molar-refractivity contribution < 1.29 is 23.6 Å². The number of nitro groups is 1. The van der Waals surface area contributed by atoms with Crippen molar-refractivity contribution in [1.29, 1.82) is 0 Å². The smallest absolute Gasteiger partial charge is 0.343 e. The number of ketones is 1. The SMILES string of the molecule is O=C(/C=C/c1ccccc1F)c1ccc(OC(=O)c2cccc([N+](=O)[O-])c2)cc1. The molecule has 0 aliphatic rings. The van der Waals surface area contributed by atoms with Crippen LogP contribution < -0.4 is 4.74 Å². The Morgan fingerprint density at radius 2 is 1.66 bits per heavy atom. The van der Waals surface area contributed by atoms with E-state index in [9.17, 15) is 24.1 Å². The Bertz CT molecular complexity index is 1110. The van der Waals surface area contributed by atoms with Crippen LogP contribution >= 0.6 is 0 Å². The van der Waals surface area contributed by atoms with Crippen molar-refractivity contribution in [3.63, 3.8) is 0 Å². The molecular weight excluding hydrogens is 377 g/mol. The first-order chi connectivity index (χ1) is 13.9. The number of benzene rings is 3. The summed E-state index contributed by atoms with van der Waals surface area (Å²) in [6.07, 6.45) is 2.64. The monoisotopic (exact) mass is 391 g/mol. The van der Waals surface area contributed by atoms with Crippen molar-refractivity contribution in [2.24, 2.45) is 0 Å². The van der Waals surface area contributed by atoms with Gasteiger partial charge < -0.3 is 4.74 Å². The van der Waals surface area contributed by atoms with E-state index in [4.69, 9.17) is 4.74 Å². The molecule has 0 unspecified atom stereocenters. The Kier molecular flexibility index (Phi) is 5.89. The molecule has 0 N–H and O–H groups in total. The van der Waals surface area contributed by atoms with Gasteiger partial charge in [0, 0.05) is 23.3 Å². The number of nitro benzene ring substituents is 1. The summed E-state index contributed by atoms with van der Waals surface area (Å²) in [6, 6.07) is 17.0. The lowest BCUT2D eigenvalue weighted by molar-refractivity contribution is -0.384. The Labute approximate surface area is 165 Å². The molecule has 3 aromatic rings. The number of nitrogens with zero attached hydrogens (tertiary/aromatic N) is 1. The third kappa shape index (κ3) is 4.98. The van der Waals surface area contributed by atoms with Gasteiger partial charge in [0.25, 0.3) is 5.69 Å². The fourth-order valence-electron chi connectivity index (χ4n) is 2.47. The second-order valence-electron chi connectivity index (χ2n) is 5.94. The molecule has 6 nitrogen and oxygen atoms in total. The summed E-state index contributed by atoms with van der Waals surface area (Å²) in [5, 5.41) is 10.8. The number of rotatable bonds is 6. The Morgan fingerprint density at radius 1 is 0.931 bits per heavy atom. The normalized spacial score (nSPS) is 10.7. The second-order valence-corrected chi connectivity index (χ2v) is 5.94. The maximum absolute atomic E-state index is 13.6. The fourth-order valence-corrected chi connectivity index (χ4v) is 2.47. The van der Waals surface area contributed by atoms with E-state index in [1.807, 2.05) is 0 Å². The Morgan fingerprint density at radius 3 is 2.34 bits per heavy atom. The third-order valence-corrected chi connectivity index (χ3v) is 3.96. The Balaban J connectivity index is 1.67. The van der Waals surface area contributed by atoms with E-state index in [0.29, 0.717) is 11.1 Å². The van der Waals surface area contributed by atoms with Gasteiger partial charge >= 0.3 is 5.97 Å². The number of hydrogen-bond acceptors (Lipinski definition) is 5. The van der Waals surface area contributed by atoms with E-state index < -0.39 is 16.7 Å². The van der Waals surface area contributed by atoms with Crippen molar-refractivity contribution in [1.82, 2.24) is 0 Å². The maximum Gasteiger partial charge on any atom is 0.343 e. The molecule has 7 heteroatoms. The van der Waals surface area contributed by atoms with E-state index in [1.165, 1.54) is 60.7 Å². The van der Waals surface area contributed by atoms with Crippen LogP contribution in [0.25, 0.3) is 6.08 Å². The molecule has 29 heavy (non-hydrogen) atoms. The Hall–Kier alpha value is -4.13. The van der Waals surface area contributed by atoms with Crippen LogP contribution in [0, 0.1) is 15.9 Å². The van der Waals surface area contributed by atoms with Crippen LogP contribution in [0.5, 0.6) is 5.75 Å². The highest BCUT2D eigenvalue weighted by Gasteiger charge is 2.13. The molecule has 0 aliphatic heterocycles. The zero-order chi connectivity index (χ0) is 20.8. The lowest BCUT2D eigenvalue weighted by Crippen LogP contribution is -2.09. The molecule has 0 bridgehead atoms. The lowest BCUT2D eigenvalue weighted by atomic mass is 10.1. The van der Waals surface area contributed by atoms with Crippen LogP contribution in [0.1, 0.15) is 26.3 Å². The van der Waals surface area contributed by atoms with Crippen molar-refractivity contribution >= 4 is 23.5 Å². The summed E-state index contributed by atoms with van der Waals surface area (Å²) >= 11 is 0. The van der Waals surface area contributed by atoms with E-state index in [2.05, 4.69) is 0 Å². The number of allylic oxidation sites excluding steroid dienone is 1. The zero-order valence-electron chi connectivity index (χ0n) is 14.9. The maximum atomic E-state index is 13.6. The first kappa shape index (κ1) is 19.6. The molecule has 0 aliphatic carbocycles. The summed E-state index contributed by atoms with van der Waals surface area (Å²) < 4.78 is 18.8. The molecule has 3 rings (SSSR count). The van der Waals surface area contributed by atoms with Crippen molar-refractivity contribution in [2.75, 3.05) is 0 Å². The largest absolute Gasteiger partial charge is 0.423 e. The van der Waals surface area contributed by atoms with Gasteiger partial charge in [0.15, 0.2) is 5.78 Å². The number of non-ortho nitro benzene ring substituents is 1. The van der Waals surface area contributed by atoms with Crippen LogP contribution in [0.2, 0.25) is 0 Å². The molecule has 0 saturated heterocycles. The highest BCUT2D eigenvalue weighted by atomic mass is 19.1. The number of ether oxygens (including phenoxy) is 1. The van der Waals surface area contributed by atoms with Gasteiger partial charge in [-0.05, 0) is 48.6 Å². The van der Waals surface area contributed by atoms with E-state index >= 15 is 0 Å². The summed E-state index contributed by atoms with van der Waals surface area (Å²) in [7, 11) is 0. The summed E-state index contributed by atoms with van der Waals surface area (Å²) in [5.41, 5.74) is 0.435. The molecule has 144 valence electrons. The van der Waals surface area contributed by atoms with Crippen LogP contribution in [0.4, 0.5) is 10.1 Å². The van der Waals surface area contributed by atoms with Gasteiger partial charge in [-0.25, -0.2) is 9.18 Å². The molecular formula is C22H14FNO5. The topological polar surface area (TPSA) is 86.5 Å². The quantitative estimate of drug-likeness (QED) is 0.150. The lowest BCUT2D eigenvalue weighted by Gasteiger charge is -2.05. The van der Waals surface area contributed by atoms with E-state index in [-0.39, 0.29) is 22.8 Å². The molecule has 0 saturated carbocycles. The minimum atomic E-state index is -0.757. The number of hydrogen-bond donors (Lipinski definition) is 0. The molecule has 0 spiro atoms. The van der Waals surface area contributed by atoms with Gasteiger partial charge in [-0.15, -0.1) is 0 Å². The predicted octanol–water partition coefficient (Wildman–Crippen LogP) is 4.85. The molecule has 0 heterocycles. The van der Waals surface area contributed by atoms with Gasteiger partial charge in [0.05, 0.1) is 10.5 Å². The standard InChI is InChI=1S/C22H14FNO5/c23-20-7-2-1-4-15(20)10-13-21(25)16-8-11-19(12-9-16)29-22(26)17-5-3-6-18(14-17)24(27)28/h1-14H/b13-10+. The van der Waals surface area contributed by atoms with Gasteiger partial charge in [0.1, 0.15) is 11.6 Å². The van der Waals surface area contributed by atoms with E-state index in [1.54, 1.807) is 18.2 Å². The minimum Gasteiger partial charge on any atom is -0.423 e. The molecule has 0 aromatic heterocycles. The fraction of sp³-hybridized carbons (Fsp3) is 0. The molecule has 0 radical (unpaired) electrons. The molecule has 0 fully saturated rings. The van der Waals surface area contributed by atoms with Crippen LogP contribution in [0.15, 0.2) is 78.9 Å². The third-order valence-electron chi connectivity index (χ3n) is 3.96. The van der Waals surface area contributed by atoms with Crippen LogP contribution in [-0.2, 0) is 0 Å². The molecule has 0 atom stereocenters. The minimum absolute atomic E-state index is 0.0344. The van der Waals surface area contributed by atoms with Gasteiger partial charge in [-0.3, -0.25) is 14.9 Å². The predicted molar refractivity (Wildman–Crippen MR) is 104 cm³/mol. The number of carbonyl (C=O) groups excluding carboxylic acids is 2. The first-order valence-corrected chi connectivity index (χ1v) is 8.48. The number of halogens is 1. The highest BCUT2D eigenvalue weighted by Crippen LogP contribution is 2.18. The number of carbonyl (C=O) groups is 2. The van der Waals surface area contributed by atoms with Crippen LogP contribution in [-0.4, -0.2) is 16.7 Å². The second kappa shape index (κ2) is 8.71. The van der Waals surface area contributed by atoms with Crippen molar-refractivity contribution in [3.05, 3.63) is 111 Å². The van der Waals surface area contributed by atoms with Crippen LogP contribution in [0.3, 0.4) is 0 Å².